The zero-order chi connectivity index (χ0) is 24.2. The number of morpholine rings is 1. The lowest BCUT2D eigenvalue weighted by Crippen LogP contribution is -2.50. The number of halogens is 2. The normalized spacial score (nSPS) is 18.7. The van der Waals surface area contributed by atoms with E-state index in [0.29, 0.717) is 36.2 Å². The van der Waals surface area contributed by atoms with Crippen LogP contribution < -0.4 is 4.74 Å². The molecule has 0 aliphatic carbocycles. The maximum absolute atomic E-state index is 12.1. The lowest BCUT2D eigenvalue weighted by Gasteiger charge is -2.43. The first-order chi connectivity index (χ1) is 15.4. The van der Waals surface area contributed by atoms with E-state index in [-0.39, 0.29) is 17.7 Å². The molecule has 5 nitrogen and oxygen atoms in total. The van der Waals surface area contributed by atoms with Crippen LogP contribution in [0.25, 0.3) is 0 Å². The summed E-state index contributed by atoms with van der Waals surface area (Å²) in [6, 6.07) is 13.3. The molecule has 0 aromatic heterocycles. The molecule has 3 rings (SSSR count). The summed E-state index contributed by atoms with van der Waals surface area (Å²) < 4.78 is 17.7. The van der Waals surface area contributed by atoms with Crippen LogP contribution in [0.3, 0.4) is 0 Å². The molecule has 0 N–H and O–H groups in total. The summed E-state index contributed by atoms with van der Waals surface area (Å²) in [4.78, 5) is 14.4. The predicted octanol–water partition coefficient (Wildman–Crippen LogP) is 6.46. The minimum atomic E-state index is -0.467. The second kappa shape index (κ2) is 10.6. The van der Waals surface area contributed by atoms with E-state index in [1.807, 2.05) is 51.1 Å². The average molecular weight is 494 g/mol. The number of nitrogens with zero attached hydrogens (tertiary/aromatic N) is 1. The third-order valence-electron chi connectivity index (χ3n) is 5.24. The van der Waals surface area contributed by atoms with Crippen LogP contribution in [0.1, 0.15) is 58.3 Å². The second-order valence-corrected chi connectivity index (χ2v) is 10.8. The van der Waals surface area contributed by atoms with E-state index in [2.05, 4.69) is 18.7 Å². The van der Waals surface area contributed by atoms with Crippen molar-refractivity contribution >= 4 is 29.2 Å². The highest BCUT2D eigenvalue weighted by Gasteiger charge is 2.34. The molecule has 33 heavy (non-hydrogen) atoms. The van der Waals surface area contributed by atoms with Crippen molar-refractivity contribution in [1.82, 2.24) is 4.90 Å². The Morgan fingerprint density at radius 3 is 2.36 bits per heavy atom. The number of rotatable bonds is 7. The SMILES string of the molecule is CC(C)(C)OC(=O)CCN1CC(c2ccc(OCc3c(Cl)cccc3Cl)cc2)OC(C)(C)C1. The fourth-order valence-corrected chi connectivity index (χ4v) is 4.39. The third kappa shape index (κ3) is 7.89. The number of hydrogen-bond acceptors (Lipinski definition) is 5. The highest BCUT2D eigenvalue weighted by Crippen LogP contribution is 2.32. The van der Waals surface area contributed by atoms with Crippen molar-refractivity contribution < 1.29 is 19.0 Å². The van der Waals surface area contributed by atoms with E-state index >= 15 is 0 Å². The summed E-state index contributed by atoms with van der Waals surface area (Å²) in [7, 11) is 0. The van der Waals surface area contributed by atoms with Crippen LogP contribution in [0.5, 0.6) is 5.75 Å². The van der Waals surface area contributed by atoms with E-state index in [1.165, 1.54) is 0 Å². The van der Waals surface area contributed by atoms with Crippen molar-refractivity contribution in [3.63, 3.8) is 0 Å². The number of benzene rings is 2. The quantitative estimate of drug-likeness (QED) is 0.414. The van der Waals surface area contributed by atoms with E-state index < -0.39 is 5.60 Å². The summed E-state index contributed by atoms with van der Waals surface area (Å²) in [6.07, 6.45) is 0.261. The molecular formula is C26H33Cl2NO4. The maximum atomic E-state index is 12.1. The molecule has 180 valence electrons. The molecule has 0 radical (unpaired) electrons. The molecule has 1 aliphatic heterocycles. The third-order valence-corrected chi connectivity index (χ3v) is 5.95. The number of carbonyl (C=O) groups excluding carboxylic acids is 1. The molecule has 1 aliphatic rings. The molecule has 2 aromatic carbocycles. The van der Waals surface area contributed by atoms with Crippen LogP contribution >= 0.6 is 23.2 Å². The standard InChI is InChI=1S/C26H33Cl2NO4/c1-25(2,3)33-24(30)13-14-29-15-23(32-26(4,5)17-29)18-9-11-19(12-10-18)31-16-20-21(27)7-6-8-22(20)28/h6-12,23H,13-17H2,1-5H3. The van der Waals surface area contributed by atoms with Gasteiger partial charge in [-0.25, -0.2) is 0 Å². The molecule has 0 spiro atoms. The van der Waals surface area contributed by atoms with Crippen LogP contribution in [0, 0.1) is 0 Å². The van der Waals surface area contributed by atoms with Gasteiger partial charge in [-0.3, -0.25) is 9.69 Å². The zero-order valence-corrected chi connectivity index (χ0v) is 21.5. The lowest BCUT2D eigenvalue weighted by atomic mass is 10.0. The second-order valence-electron chi connectivity index (χ2n) is 10.00. The first-order valence-electron chi connectivity index (χ1n) is 11.2. The first-order valence-corrected chi connectivity index (χ1v) is 12.0. The van der Waals surface area contributed by atoms with E-state index in [4.69, 9.17) is 37.4 Å². The van der Waals surface area contributed by atoms with Gasteiger partial charge < -0.3 is 14.2 Å². The largest absolute Gasteiger partial charge is 0.489 e. The number of esters is 1. The van der Waals surface area contributed by atoms with Gasteiger partial charge in [0.05, 0.1) is 18.1 Å². The van der Waals surface area contributed by atoms with Crippen molar-refractivity contribution in [2.75, 3.05) is 19.6 Å². The van der Waals surface area contributed by atoms with Crippen molar-refractivity contribution in [2.24, 2.45) is 0 Å². The van der Waals surface area contributed by atoms with Gasteiger partial charge in [0.2, 0.25) is 0 Å². The van der Waals surface area contributed by atoms with Gasteiger partial charge in [0.1, 0.15) is 18.0 Å². The Morgan fingerprint density at radius 1 is 1.12 bits per heavy atom. The molecule has 1 saturated heterocycles. The van der Waals surface area contributed by atoms with E-state index in [9.17, 15) is 4.79 Å². The molecular weight excluding hydrogens is 461 g/mol. The van der Waals surface area contributed by atoms with Crippen molar-refractivity contribution in [3.8, 4) is 5.75 Å². The average Bonchev–Trinajstić information content (AvgIpc) is 2.70. The number of carbonyl (C=O) groups is 1. The number of hydrogen-bond donors (Lipinski definition) is 0. The summed E-state index contributed by atoms with van der Waals surface area (Å²) in [6.45, 7) is 12.2. The minimum absolute atomic E-state index is 0.0977. The van der Waals surface area contributed by atoms with Crippen molar-refractivity contribution in [2.45, 2.75) is 65.0 Å². The van der Waals surface area contributed by atoms with Crippen LogP contribution in [0.4, 0.5) is 0 Å². The Kier molecular flexibility index (Phi) is 8.33. The monoisotopic (exact) mass is 493 g/mol. The Bertz CT molecular complexity index is 934. The molecule has 2 aromatic rings. The van der Waals surface area contributed by atoms with Crippen LogP contribution in [0.2, 0.25) is 10.0 Å². The Hall–Kier alpha value is -1.79. The van der Waals surface area contributed by atoms with Crippen LogP contribution in [0.15, 0.2) is 42.5 Å². The van der Waals surface area contributed by atoms with Gasteiger partial charge in [-0.1, -0.05) is 41.4 Å². The molecule has 0 amide bonds. The molecule has 1 heterocycles. The van der Waals surface area contributed by atoms with Gasteiger partial charge in [-0.2, -0.15) is 0 Å². The van der Waals surface area contributed by atoms with Gasteiger partial charge in [-0.05, 0) is 64.4 Å². The van der Waals surface area contributed by atoms with E-state index in [1.54, 1.807) is 12.1 Å². The van der Waals surface area contributed by atoms with Gasteiger partial charge in [0, 0.05) is 35.2 Å². The summed E-state index contributed by atoms with van der Waals surface area (Å²) in [5.74, 6) is 0.551. The van der Waals surface area contributed by atoms with Gasteiger partial charge in [0.25, 0.3) is 0 Å². The molecule has 7 heteroatoms. The van der Waals surface area contributed by atoms with Crippen molar-refractivity contribution in [3.05, 3.63) is 63.6 Å². The summed E-state index contributed by atoms with van der Waals surface area (Å²) in [5, 5.41) is 1.17. The molecule has 1 fully saturated rings. The topological polar surface area (TPSA) is 48.0 Å². The van der Waals surface area contributed by atoms with Crippen LogP contribution in [-0.2, 0) is 20.9 Å². The first kappa shape index (κ1) is 25.8. The Balaban J connectivity index is 1.60. The summed E-state index contributed by atoms with van der Waals surface area (Å²) >= 11 is 12.4. The van der Waals surface area contributed by atoms with Crippen LogP contribution in [-0.4, -0.2) is 41.7 Å². The summed E-state index contributed by atoms with van der Waals surface area (Å²) in [5.41, 5.74) is 1.04. The Labute approximate surface area is 206 Å². The minimum Gasteiger partial charge on any atom is -0.489 e. The highest BCUT2D eigenvalue weighted by molar-refractivity contribution is 6.35. The maximum Gasteiger partial charge on any atom is 0.307 e. The smallest absolute Gasteiger partial charge is 0.307 e. The number of ether oxygens (including phenoxy) is 3. The lowest BCUT2D eigenvalue weighted by molar-refractivity contribution is -0.159. The molecule has 0 bridgehead atoms. The zero-order valence-electron chi connectivity index (χ0n) is 20.0. The molecule has 1 atom stereocenters. The molecule has 0 saturated carbocycles. The molecule has 1 unspecified atom stereocenters. The fraction of sp³-hybridized carbons (Fsp3) is 0.500. The van der Waals surface area contributed by atoms with Gasteiger partial charge in [0.15, 0.2) is 0 Å². The Morgan fingerprint density at radius 2 is 1.76 bits per heavy atom. The van der Waals surface area contributed by atoms with Gasteiger partial charge >= 0.3 is 5.97 Å². The van der Waals surface area contributed by atoms with Gasteiger partial charge in [-0.15, -0.1) is 0 Å². The highest BCUT2D eigenvalue weighted by atomic mass is 35.5. The van der Waals surface area contributed by atoms with Crippen molar-refractivity contribution in [1.29, 1.82) is 0 Å². The predicted molar refractivity (Wildman–Crippen MR) is 132 cm³/mol. The fourth-order valence-electron chi connectivity index (χ4n) is 3.89. The van der Waals surface area contributed by atoms with E-state index in [0.717, 1.165) is 23.4 Å².